The molecule has 2 heterocycles. The van der Waals surface area contributed by atoms with E-state index in [1.165, 1.54) is 11.1 Å². The average molecular weight is 293 g/mol. The molecule has 0 saturated heterocycles. The molecule has 0 fully saturated rings. The Morgan fingerprint density at radius 1 is 1.27 bits per heavy atom. The molecule has 22 heavy (non-hydrogen) atoms. The molecule has 0 unspecified atom stereocenters. The Bertz CT molecular complexity index is 821. The molecule has 1 aromatic carbocycles. The van der Waals surface area contributed by atoms with Crippen molar-refractivity contribution < 1.29 is 4.79 Å². The van der Waals surface area contributed by atoms with E-state index in [0.717, 1.165) is 16.5 Å². The molecule has 0 atom stereocenters. The highest BCUT2D eigenvalue weighted by molar-refractivity contribution is 5.98. The quantitative estimate of drug-likeness (QED) is 0.804. The summed E-state index contributed by atoms with van der Waals surface area (Å²) in [5.74, 6) is -0.0166. The maximum Gasteiger partial charge on any atom is 0.270 e. The van der Waals surface area contributed by atoms with Crippen LogP contribution in [0.5, 0.6) is 0 Å². The molecule has 0 aliphatic rings. The van der Waals surface area contributed by atoms with Crippen molar-refractivity contribution in [2.45, 2.75) is 20.4 Å². The van der Waals surface area contributed by atoms with E-state index < -0.39 is 0 Å². The molecular formula is C18H19N3O. The number of hydrogen-bond donors (Lipinski definition) is 1. The second-order valence-electron chi connectivity index (χ2n) is 5.75. The number of rotatable bonds is 3. The molecule has 0 bridgehead atoms. The first-order valence-corrected chi connectivity index (χ1v) is 7.29. The Kier molecular flexibility index (Phi) is 3.67. The van der Waals surface area contributed by atoms with Gasteiger partial charge in [0, 0.05) is 36.9 Å². The number of aromatic nitrogens is 2. The molecule has 0 aliphatic heterocycles. The van der Waals surface area contributed by atoms with Crippen LogP contribution in [0.1, 0.15) is 27.2 Å². The van der Waals surface area contributed by atoms with Crippen molar-refractivity contribution in [2.75, 3.05) is 7.05 Å². The third-order valence-corrected chi connectivity index (χ3v) is 3.81. The van der Waals surface area contributed by atoms with Gasteiger partial charge in [0.15, 0.2) is 0 Å². The fraction of sp³-hybridized carbons (Fsp3) is 0.222. The minimum Gasteiger partial charge on any atom is -0.351 e. The summed E-state index contributed by atoms with van der Waals surface area (Å²) in [6.07, 6.45) is 3.51. The van der Waals surface area contributed by atoms with Crippen molar-refractivity contribution >= 4 is 16.8 Å². The normalized spacial score (nSPS) is 10.9. The second-order valence-corrected chi connectivity index (χ2v) is 5.75. The zero-order chi connectivity index (χ0) is 15.7. The first kappa shape index (κ1) is 14.3. The molecule has 3 rings (SSSR count). The third-order valence-electron chi connectivity index (χ3n) is 3.81. The van der Waals surface area contributed by atoms with Gasteiger partial charge in [0.25, 0.3) is 5.91 Å². The Hall–Kier alpha value is -2.62. The Morgan fingerprint density at radius 2 is 2.09 bits per heavy atom. The summed E-state index contributed by atoms with van der Waals surface area (Å²) < 4.78 is 0. The topological polar surface area (TPSA) is 49.0 Å². The lowest BCUT2D eigenvalue weighted by Gasteiger charge is -2.16. The van der Waals surface area contributed by atoms with E-state index in [1.54, 1.807) is 24.3 Å². The van der Waals surface area contributed by atoms with E-state index in [9.17, 15) is 4.79 Å². The maximum absolute atomic E-state index is 12.6. The molecule has 0 spiro atoms. The monoisotopic (exact) mass is 293 g/mol. The van der Waals surface area contributed by atoms with Gasteiger partial charge in [-0.05, 0) is 48.7 Å². The van der Waals surface area contributed by atoms with Crippen molar-refractivity contribution in [1.82, 2.24) is 14.9 Å². The molecule has 4 heteroatoms. The van der Waals surface area contributed by atoms with Gasteiger partial charge in [0.05, 0.1) is 0 Å². The standard InChI is InChI=1S/C18H19N3O/c1-12-7-13(2)15-9-17(20-16(15)8-12)18(22)21(3)11-14-5-4-6-19-10-14/h4-10,20H,11H2,1-3H3. The van der Waals surface area contributed by atoms with Crippen LogP contribution in [0.3, 0.4) is 0 Å². The second kappa shape index (κ2) is 5.64. The minimum absolute atomic E-state index is 0.0166. The lowest BCUT2D eigenvalue weighted by atomic mass is 10.1. The maximum atomic E-state index is 12.6. The van der Waals surface area contributed by atoms with Gasteiger partial charge >= 0.3 is 0 Å². The molecule has 0 aliphatic carbocycles. The number of carbonyl (C=O) groups excluding carboxylic acids is 1. The predicted octanol–water partition coefficient (Wildman–Crippen LogP) is 3.45. The number of amides is 1. The largest absolute Gasteiger partial charge is 0.351 e. The molecule has 1 amide bonds. The molecule has 2 aromatic heterocycles. The van der Waals surface area contributed by atoms with E-state index in [2.05, 4.69) is 35.9 Å². The van der Waals surface area contributed by atoms with E-state index >= 15 is 0 Å². The van der Waals surface area contributed by atoms with Crippen LogP contribution in [-0.2, 0) is 6.54 Å². The van der Waals surface area contributed by atoms with Crippen LogP contribution in [-0.4, -0.2) is 27.8 Å². The summed E-state index contributed by atoms with van der Waals surface area (Å²) in [6.45, 7) is 4.67. The van der Waals surface area contributed by atoms with E-state index in [4.69, 9.17) is 0 Å². The van der Waals surface area contributed by atoms with Crippen LogP contribution < -0.4 is 0 Å². The van der Waals surface area contributed by atoms with Crippen molar-refractivity contribution in [3.05, 3.63) is 65.1 Å². The van der Waals surface area contributed by atoms with E-state index in [1.807, 2.05) is 18.2 Å². The van der Waals surface area contributed by atoms with Gasteiger partial charge < -0.3 is 9.88 Å². The van der Waals surface area contributed by atoms with Crippen molar-refractivity contribution in [2.24, 2.45) is 0 Å². The van der Waals surface area contributed by atoms with Crippen LogP contribution in [0.4, 0.5) is 0 Å². The summed E-state index contributed by atoms with van der Waals surface area (Å²) in [5, 5.41) is 1.10. The summed E-state index contributed by atoms with van der Waals surface area (Å²) in [7, 11) is 1.80. The van der Waals surface area contributed by atoms with Gasteiger partial charge in [-0.15, -0.1) is 0 Å². The van der Waals surface area contributed by atoms with Crippen molar-refractivity contribution in [3.63, 3.8) is 0 Å². The van der Waals surface area contributed by atoms with Crippen LogP contribution in [0, 0.1) is 13.8 Å². The van der Waals surface area contributed by atoms with Crippen molar-refractivity contribution in [3.8, 4) is 0 Å². The first-order valence-electron chi connectivity index (χ1n) is 7.29. The van der Waals surface area contributed by atoms with E-state index in [-0.39, 0.29) is 5.91 Å². The number of hydrogen-bond acceptors (Lipinski definition) is 2. The SMILES string of the molecule is Cc1cc(C)c2cc(C(=O)N(C)Cc3cccnc3)[nH]c2c1. The number of nitrogens with zero attached hydrogens (tertiary/aromatic N) is 2. The fourth-order valence-electron chi connectivity index (χ4n) is 2.76. The van der Waals surface area contributed by atoms with Gasteiger partial charge in [0.2, 0.25) is 0 Å². The summed E-state index contributed by atoms with van der Waals surface area (Å²) in [5.41, 5.74) is 5.02. The predicted molar refractivity (Wildman–Crippen MR) is 87.8 cm³/mol. The summed E-state index contributed by atoms with van der Waals surface area (Å²) in [4.78, 5) is 21.6. The summed E-state index contributed by atoms with van der Waals surface area (Å²) in [6, 6.07) is 9.98. The number of carbonyl (C=O) groups is 1. The average Bonchev–Trinajstić information content (AvgIpc) is 2.91. The number of aryl methyl sites for hydroxylation is 2. The van der Waals surface area contributed by atoms with Gasteiger partial charge in [0.1, 0.15) is 5.69 Å². The Morgan fingerprint density at radius 3 is 2.82 bits per heavy atom. The highest BCUT2D eigenvalue weighted by Crippen LogP contribution is 2.22. The van der Waals surface area contributed by atoms with Gasteiger partial charge in [-0.2, -0.15) is 0 Å². The smallest absolute Gasteiger partial charge is 0.270 e. The molecular weight excluding hydrogens is 274 g/mol. The van der Waals surface area contributed by atoms with Gasteiger partial charge in [-0.25, -0.2) is 0 Å². The fourth-order valence-corrected chi connectivity index (χ4v) is 2.76. The number of fused-ring (bicyclic) bond motifs is 1. The molecule has 112 valence electrons. The summed E-state index contributed by atoms with van der Waals surface area (Å²) >= 11 is 0. The third kappa shape index (κ3) is 2.72. The molecule has 3 aromatic rings. The lowest BCUT2D eigenvalue weighted by molar-refractivity contribution is 0.0780. The Balaban J connectivity index is 1.87. The number of H-pyrrole nitrogens is 1. The number of nitrogens with one attached hydrogen (secondary N) is 1. The zero-order valence-electron chi connectivity index (χ0n) is 13.1. The van der Waals surface area contributed by atoms with E-state index in [0.29, 0.717) is 12.2 Å². The number of pyridine rings is 1. The lowest BCUT2D eigenvalue weighted by Crippen LogP contribution is -2.26. The van der Waals surface area contributed by atoms with Crippen LogP contribution in [0.25, 0.3) is 10.9 Å². The highest BCUT2D eigenvalue weighted by Gasteiger charge is 2.15. The Labute approximate surface area is 129 Å². The van der Waals surface area contributed by atoms with Crippen LogP contribution >= 0.6 is 0 Å². The van der Waals surface area contributed by atoms with Crippen LogP contribution in [0.2, 0.25) is 0 Å². The molecule has 0 saturated carbocycles. The van der Waals surface area contributed by atoms with Crippen molar-refractivity contribution in [1.29, 1.82) is 0 Å². The highest BCUT2D eigenvalue weighted by atomic mass is 16.2. The molecule has 0 radical (unpaired) electrons. The first-order chi connectivity index (χ1) is 10.5. The molecule has 4 nitrogen and oxygen atoms in total. The van der Waals surface area contributed by atoms with Gasteiger partial charge in [-0.1, -0.05) is 12.1 Å². The van der Waals surface area contributed by atoms with Gasteiger partial charge in [-0.3, -0.25) is 9.78 Å². The minimum atomic E-state index is -0.0166. The number of aromatic amines is 1. The zero-order valence-corrected chi connectivity index (χ0v) is 13.1. The molecule has 1 N–H and O–H groups in total. The number of benzene rings is 1. The van der Waals surface area contributed by atoms with Crippen LogP contribution in [0.15, 0.2) is 42.7 Å².